The van der Waals surface area contributed by atoms with Gasteiger partial charge in [-0.1, -0.05) is 127 Å². The van der Waals surface area contributed by atoms with Crippen LogP contribution in [0, 0.1) is 0 Å². The van der Waals surface area contributed by atoms with Crippen molar-refractivity contribution in [2.45, 2.75) is 4.90 Å². The van der Waals surface area contributed by atoms with Crippen LogP contribution in [0.25, 0.3) is 90.9 Å². The van der Waals surface area contributed by atoms with Crippen LogP contribution in [0.2, 0.25) is 0 Å². The SMILES string of the molecule is Sc1cccc(-c2c3nc(c(-c4ccccc4)c4ccc([n-]4)c(-c4ccccc4)c4nc(c(-c5ccccc5)c5ccc2[n-]5)C=C4)C=C3)c1.[Fe+2]. The molecule has 7 aromatic rings. The van der Waals surface area contributed by atoms with Crippen LogP contribution in [0.1, 0.15) is 22.8 Å². The molecule has 0 atom stereocenters. The molecular weight excluding hydrogens is 672 g/mol. The van der Waals surface area contributed by atoms with Gasteiger partial charge in [-0.2, -0.15) is 0 Å². The van der Waals surface area contributed by atoms with Crippen molar-refractivity contribution in [3.05, 3.63) is 162 Å². The van der Waals surface area contributed by atoms with Gasteiger partial charge in [-0.05, 0) is 80.9 Å². The summed E-state index contributed by atoms with van der Waals surface area (Å²) in [4.78, 5) is 22.1. The van der Waals surface area contributed by atoms with Crippen LogP contribution in [0.5, 0.6) is 0 Å². The van der Waals surface area contributed by atoms with Gasteiger partial charge in [0.05, 0.1) is 22.8 Å². The summed E-state index contributed by atoms with van der Waals surface area (Å²) in [6.45, 7) is 0. The molecular formula is C44H28FeN4S. The van der Waals surface area contributed by atoms with Crippen LogP contribution in [0.4, 0.5) is 0 Å². The number of benzene rings is 4. The van der Waals surface area contributed by atoms with Crippen LogP contribution >= 0.6 is 12.6 Å². The van der Waals surface area contributed by atoms with E-state index in [1.165, 1.54) is 0 Å². The minimum Gasteiger partial charge on any atom is -0.657 e. The normalized spacial score (nSPS) is 11.8. The average molecular weight is 701 g/mol. The standard InChI is InChI=1S/C44H28N4S.Fe/c49-32-18-10-17-31(27-32)44-39-25-23-37(47-39)42(29-13-6-2-7-14-29)35-21-19-33(45-35)41(28-11-4-1-5-12-28)34-20-22-36(46-34)43(30-15-8-3-9-16-30)38-24-26-40(44)48-38;/h1-27H,(H-2,45,46,47,48,49);/q-2;+2. The van der Waals surface area contributed by atoms with Gasteiger partial charge in [0.25, 0.3) is 0 Å². The summed E-state index contributed by atoms with van der Waals surface area (Å²) in [5, 5.41) is 0. The molecule has 8 bridgehead atoms. The van der Waals surface area contributed by atoms with Crippen molar-refractivity contribution in [2.24, 2.45) is 0 Å². The third-order valence-electron chi connectivity index (χ3n) is 8.93. The summed E-state index contributed by atoms with van der Waals surface area (Å²) >= 11 is 4.69. The van der Waals surface area contributed by atoms with E-state index >= 15 is 0 Å². The first-order valence-corrected chi connectivity index (χ1v) is 16.7. The average Bonchev–Trinajstić information content (AvgIpc) is 3.97. The molecule has 9 rings (SSSR count). The molecule has 2 aliphatic heterocycles. The number of thiol groups is 1. The third kappa shape index (κ3) is 5.74. The second kappa shape index (κ2) is 13.3. The fourth-order valence-electron chi connectivity index (χ4n) is 6.75. The second-order valence-electron chi connectivity index (χ2n) is 12.0. The summed E-state index contributed by atoms with van der Waals surface area (Å²) < 4.78 is 0. The van der Waals surface area contributed by atoms with Gasteiger partial charge in [0, 0.05) is 4.90 Å². The molecule has 0 radical (unpaired) electrons. The van der Waals surface area contributed by atoms with Crippen LogP contribution in [-0.4, -0.2) is 9.97 Å². The Morgan fingerprint density at radius 3 is 1.02 bits per heavy atom. The summed E-state index contributed by atoms with van der Waals surface area (Å²) in [5.41, 5.74) is 14.7. The van der Waals surface area contributed by atoms with E-state index in [9.17, 15) is 0 Å². The smallest absolute Gasteiger partial charge is 0.657 e. The van der Waals surface area contributed by atoms with Crippen molar-refractivity contribution in [1.82, 2.24) is 19.9 Å². The minimum absolute atomic E-state index is 0. The van der Waals surface area contributed by atoms with E-state index in [1.54, 1.807) is 0 Å². The molecule has 4 aromatic carbocycles. The third-order valence-corrected chi connectivity index (χ3v) is 9.21. The Morgan fingerprint density at radius 2 is 0.680 bits per heavy atom. The Bertz CT molecular complexity index is 2570. The minimum atomic E-state index is 0. The molecule has 0 N–H and O–H groups in total. The maximum absolute atomic E-state index is 5.31. The number of aromatic nitrogens is 4. The Morgan fingerprint density at radius 1 is 0.360 bits per heavy atom. The fraction of sp³-hybridized carbons (Fsp3) is 0. The van der Waals surface area contributed by atoms with Gasteiger partial charge < -0.3 is 9.97 Å². The van der Waals surface area contributed by atoms with Crippen LogP contribution in [-0.2, 0) is 17.1 Å². The molecule has 5 heterocycles. The largest absolute Gasteiger partial charge is 2.00 e. The summed E-state index contributed by atoms with van der Waals surface area (Å²) in [7, 11) is 0. The summed E-state index contributed by atoms with van der Waals surface area (Å²) in [6.07, 6.45) is 8.37. The van der Waals surface area contributed by atoms with Crippen molar-refractivity contribution < 1.29 is 17.1 Å². The molecule has 0 spiro atoms. The zero-order valence-electron chi connectivity index (χ0n) is 26.7. The van der Waals surface area contributed by atoms with Gasteiger partial charge in [-0.15, -0.1) is 34.7 Å². The Balaban J connectivity index is 0.00000361. The van der Waals surface area contributed by atoms with E-state index < -0.39 is 0 Å². The topological polar surface area (TPSA) is 54.0 Å². The van der Waals surface area contributed by atoms with E-state index in [0.29, 0.717) is 0 Å². The zero-order chi connectivity index (χ0) is 32.7. The van der Waals surface area contributed by atoms with E-state index in [4.69, 9.17) is 32.6 Å². The summed E-state index contributed by atoms with van der Waals surface area (Å²) in [6, 6.07) is 47.7. The Kier molecular flexibility index (Phi) is 8.43. The molecule has 0 amide bonds. The van der Waals surface area contributed by atoms with Crippen LogP contribution in [0.15, 0.2) is 144 Å². The van der Waals surface area contributed by atoms with E-state index in [0.717, 1.165) is 94.2 Å². The monoisotopic (exact) mass is 700 g/mol. The van der Waals surface area contributed by atoms with Crippen molar-refractivity contribution in [3.8, 4) is 44.5 Å². The molecule has 0 fully saturated rings. The van der Waals surface area contributed by atoms with Gasteiger partial charge in [-0.3, -0.25) is 0 Å². The molecule has 0 unspecified atom stereocenters. The van der Waals surface area contributed by atoms with Crippen molar-refractivity contribution in [1.29, 1.82) is 0 Å². The van der Waals surface area contributed by atoms with Gasteiger partial charge in [0.1, 0.15) is 0 Å². The zero-order valence-corrected chi connectivity index (χ0v) is 28.7. The number of hydrogen-bond acceptors (Lipinski definition) is 3. The summed E-state index contributed by atoms with van der Waals surface area (Å²) in [5.74, 6) is 0. The molecule has 6 heteroatoms. The van der Waals surface area contributed by atoms with Gasteiger partial charge >= 0.3 is 17.1 Å². The van der Waals surface area contributed by atoms with E-state index in [1.807, 2.05) is 30.3 Å². The van der Waals surface area contributed by atoms with Crippen molar-refractivity contribution in [3.63, 3.8) is 0 Å². The molecule has 50 heavy (non-hydrogen) atoms. The molecule has 2 aliphatic rings. The Hall–Kier alpha value is -5.65. The first-order valence-electron chi connectivity index (χ1n) is 16.2. The van der Waals surface area contributed by atoms with Gasteiger partial charge in [0.2, 0.25) is 0 Å². The molecule has 4 nitrogen and oxygen atoms in total. The first-order chi connectivity index (χ1) is 24.2. The van der Waals surface area contributed by atoms with Crippen molar-refractivity contribution >= 4 is 59.0 Å². The van der Waals surface area contributed by atoms with Gasteiger partial charge in [0.15, 0.2) is 0 Å². The quantitative estimate of drug-likeness (QED) is 0.147. The molecule has 0 saturated heterocycles. The molecule has 0 aliphatic carbocycles. The molecule has 0 saturated carbocycles. The van der Waals surface area contributed by atoms with Crippen molar-refractivity contribution in [2.75, 3.05) is 0 Å². The predicted molar refractivity (Wildman–Crippen MR) is 206 cm³/mol. The maximum atomic E-state index is 5.31. The molecule has 3 aromatic heterocycles. The predicted octanol–water partition coefficient (Wildman–Crippen LogP) is 10.9. The maximum Gasteiger partial charge on any atom is 2.00 e. The number of rotatable bonds is 4. The van der Waals surface area contributed by atoms with Crippen LogP contribution < -0.4 is 9.97 Å². The molecule has 238 valence electrons. The van der Waals surface area contributed by atoms with E-state index in [-0.39, 0.29) is 17.1 Å². The second-order valence-corrected chi connectivity index (χ2v) is 12.5. The number of hydrogen-bond donors (Lipinski definition) is 1. The van der Waals surface area contributed by atoms with Gasteiger partial charge in [-0.25, -0.2) is 9.97 Å². The number of nitrogens with zero attached hydrogens (tertiary/aromatic N) is 4. The Labute approximate surface area is 306 Å². The van der Waals surface area contributed by atoms with Crippen LogP contribution in [0.3, 0.4) is 0 Å². The number of fused-ring (bicyclic) bond motifs is 8. The first kappa shape index (κ1) is 31.6. The fourth-order valence-corrected chi connectivity index (χ4v) is 6.97. The van der Waals surface area contributed by atoms with E-state index in [2.05, 4.69) is 133 Å².